The molecule has 2 heteroatoms. The van der Waals surface area contributed by atoms with Crippen molar-refractivity contribution in [2.45, 2.75) is 19.3 Å². The number of Topliss-reactive ketones (excluding diaryl/α,β-unsaturated/α-hetero) is 1. The molecular weight excluding hydrogens is 287 g/mol. The maximum Gasteiger partial charge on any atom is 0.162 e. The van der Waals surface area contributed by atoms with E-state index in [1.54, 1.807) is 0 Å². The molecule has 0 aliphatic carbocycles. The summed E-state index contributed by atoms with van der Waals surface area (Å²) in [5.74, 6) is 2.71. The minimum Gasteiger partial charge on any atom is -0.294 e. The standard InChI is InChI=1S/C12H11IO/c1-2-3-4-8-12(14)10-6-5-7-11(13)9-10/h1,5-7,9H,3-4,8H2. The Morgan fingerprint density at radius 3 is 2.93 bits per heavy atom. The lowest BCUT2D eigenvalue weighted by Crippen LogP contribution is -1.98. The Labute approximate surface area is 98.0 Å². The molecule has 0 atom stereocenters. The van der Waals surface area contributed by atoms with Gasteiger partial charge in [0, 0.05) is 22.0 Å². The maximum atomic E-state index is 11.6. The monoisotopic (exact) mass is 298 g/mol. The van der Waals surface area contributed by atoms with Crippen molar-refractivity contribution in [2.24, 2.45) is 0 Å². The summed E-state index contributed by atoms with van der Waals surface area (Å²) < 4.78 is 1.09. The lowest BCUT2D eigenvalue weighted by atomic mass is 10.1. The van der Waals surface area contributed by atoms with E-state index in [0.29, 0.717) is 12.8 Å². The van der Waals surface area contributed by atoms with Crippen LogP contribution in [0.3, 0.4) is 0 Å². The molecular formula is C12H11IO. The highest BCUT2D eigenvalue weighted by molar-refractivity contribution is 14.1. The molecule has 0 heterocycles. The fraction of sp³-hybridized carbons (Fsp3) is 0.250. The largest absolute Gasteiger partial charge is 0.294 e. The number of ketones is 1. The second-order valence-corrected chi connectivity index (χ2v) is 4.24. The van der Waals surface area contributed by atoms with Gasteiger partial charge in [-0.25, -0.2) is 0 Å². The summed E-state index contributed by atoms with van der Waals surface area (Å²) in [6.07, 6.45) is 7.12. The van der Waals surface area contributed by atoms with Crippen molar-refractivity contribution >= 4 is 28.4 Å². The Balaban J connectivity index is 2.57. The molecule has 0 bridgehead atoms. The van der Waals surface area contributed by atoms with Crippen LogP contribution in [0.25, 0.3) is 0 Å². The summed E-state index contributed by atoms with van der Waals surface area (Å²) in [5, 5.41) is 0. The quantitative estimate of drug-likeness (QED) is 0.361. The predicted octanol–water partition coefficient (Wildman–Crippen LogP) is 3.28. The van der Waals surface area contributed by atoms with Crippen LogP contribution in [0.4, 0.5) is 0 Å². The molecule has 0 spiro atoms. The first-order valence-corrected chi connectivity index (χ1v) is 5.54. The van der Waals surface area contributed by atoms with Crippen LogP contribution in [0.1, 0.15) is 29.6 Å². The molecule has 0 aliphatic heterocycles. The third kappa shape index (κ3) is 3.51. The zero-order chi connectivity index (χ0) is 10.4. The highest BCUT2D eigenvalue weighted by Crippen LogP contribution is 2.11. The van der Waals surface area contributed by atoms with Crippen LogP contribution in [-0.4, -0.2) is 5.78 Å². The van der Waals surface area contributed by atoms with Crippen LogP contribution >= 0.6 is 22.6 Å². The number of hydrogen-bond donors (Lipinski definition) is 0. The topological polar surface area (TPSA) is 17.1 Å². The molecule has 1 aromatic carbocycles. The summed E-state index contributed by atoms with van der Waals surface area (Å²) in [5.41, 5.74) is 0.786. The number of unbranched alkanes of at least 4 members (excludes halogenated alkanes) is 1. The van der Waals surface area contributed by atoms with Crippen LogP contribution in [0.2, 0.25) is 0 Å². The Kier molecular flexibility index (Phi) is 4.68. The number of terminal acetylenes is 1. The minimum absolute atomic E-state index is 0.179. The van der Waals surface area contributed by atoms with Gasteiger partial charge in [-0.3, -0.25) is 4.79 Å². The second kappa shape index (κ2) is 5.82. The molecule has 14 heavy (non-hydrogen) atoms. The number of rotatable bonds is 4. The van der Waals surface area contributed by atoms with Gasteiger partial charge < -0.3 is 0 Å². The van der Waals surface area contributed by atoms with E-state index in [0.717, 1.165) is 15.6 Å². The first-order valence-electron chi connectivity index (χ1n) is 4.46. The van der Waals surface area contributed by atoms with E-state index in [2.05, 4.69) is 28.5 Å². The second-order valence-electron chi connectivity index (χ2n) is 2.99. The van der Waals surface area contributed by atoms with Crippen LogP contribution in [-0.2, 0) is 0 Å². The molecule has 0 fully saturated rings. The zero-order valence-corrected chi connectivity index (χ0v) is 9.95. The summed E-state index contributed by atoms with van der Waals surface area (Å²) >= 11 is 2.20. The van der Waals surface area contributed by atoms with E-state index >= 15 is 0 Å². The summed E-state index contributed by atoms with van der Waals surface area (Å²) in [6, 6.07) is 7.62. The Morgan fingerprint density at radius 1 is 1.50 bits per heavy atom. The maximum absolute atomic E-state index is 11.6. The molecule has 0 aromatic heterocycles. The zero-order valence-electron chi connectivity index (χ0n) is 7.79. The Bertz CT molecular complexity index is 363. The van der Waals surface area contributed by atoms with E-state index in [4.69, 9.17) is 6.42 Å². The fourth-order valence-corrected chi connectivity index (χ4v) is 1.70. The number of carbonyl (C=O) groups excluding carboxylic acids is 1. The van der Waals surface area contributed by atoms with Gasteiger partial charge in [0.15, 0.2) is 5.78 Å². The third-order valence-electron chi connectivity index (χ3n) is 1.87. The van der Waals surface area contributed by atoms with Gasteiger partial charge >= 0.3 is 0 Å². The molecule has 1 aromatic rings. The first-order chi connectivity index (χ1) is 6.74. The highest BCUT2D eigenvalue weighted by atomic mass is 127. The van der Waals surface area contributed by atoms with Gasteiger partial charge in [-0.15, -0.1) is 12.3 Å². The van der Waals surface area contributed by atoms with Gasteiger partial charge in [-0.05, 0) is 41.1 Å². The van der Waals surface area contributed by atoms with E-state index in [9.17, 15) is 4.79 Å². The van der Waals surface area contributed by atoms with Gasteiger partial charge in [0.1, 0.15) is 0 Å². The van der Waals surface area contributed by atoms with Gasteiger partial charge in [0.25, 0.3) is 0 Å². The van der Waals surface area contributed by atoms with Crippen molar-refractivity contribution in [3.63, 3.8) is 0 Å². The van der Waals surface area contributed by atoms with E-state index in [-0.39, 0.29) is 5.78 Å². The molecule has 0 saturated heterocycles. The molecule has 0 amide bonds. The van der Waals surface area contributed by atoms with Crippen LogP contribution in [0.15, 0.2) is 24.3 Å². The normalized spacial score (nSPS) is 9.43. The van der Waals surface area contributed by atoms with Crippen LogP contribution in [0, 0.1) is 15.9 Å². The van der Waals surface area contributed by atoms with Crippen LogP contribution in [0.5, 0.6) is 0 Å². The number of carbonyl (C=O) groups is 1. The average Bonchev–Trinajstić information content (AvgIpc) is 2.18. The molecule has 1 rings (SSSR count). The molecule has 0 unspecified atom stereocenters. The number of halogens is 1. The van der Waals surface area contributed by atoms with E-state index in [1.807, 2.05) is 24.3 Å². The van der Waals surface area contributed by atoms with E-state index in [1.165, 1.54) is 0 Å². The molecule has 0 radical (unpaired) electrons. The Morgan fingerprint density at radius 2 is 2.29 bits per heavy atom. The summed E-state index contributed by atoms with van der Waals surface area (Å²) in [7, 11) is 0. The lowest BCUT2D eigenvalue weighted by molar-refractivity contribution is 0.0980. The third-order valence-corrected chi connectivity index (χ3v) is 2.54. The summed E-state index contributed by atoms with van der Waals surface area (Å²) in [4.78, 5) is 11.6. The lowest BCUT2D eigenvalue weighted by Gasteiger charge is -1.99. The highest BCUT2D eigenvalue weighted by Gasteiger charge is 2.04. The van der Waals surface area contributed by atoms with Crippen LogP contribution < -0.4 is 0 Å². The minimum atomic E-state index is 0.179. The van der Waals surface area contributed by atoms with Gasteiger partial charge in [-0.2, -0.15) is 0 Å². The molecule has 0 saturated carbocycles. The molecule has 1 nitrogen and oxygen atoms in total. The van der Waals surface area contributed by atoms with Crippen molar-refractivity contribution in [3.05, 3.63) is 33.4 Å². The average molecular weight is 298 g/mol. The van der Waals surface area contributed by atoms with E-state index < -0.39 is 0 Å². The SMILES string of the molecule is C#CCCCC(=O)c1cccc(I)c1. The van der Waals surface area contributed by atoms with Gasteiger partial charge in [0.05, 0.1) is 0 Å². The molecule has 0 N–H and O–H groups in total. The van der Waals surface area contributed by atoms with Gasteiger partial charge in [-0.1, -0.05) is 12.1 Å². The predicted molar refractivity (Wildman–Crippen MR) is 66.2 cm³/mol. The van der Waals surface area contributed by atoms with Crippen molar-refractivity contribution < 1.29 is 4.79 Å². The molecule has 0 aliphatic rings. The van der Waals surface area contributed by atoms with Gasteiger partial charge in [0.2, 0.25) is 0 Å². The van der Waals surface area contributed by atoms with Crippen molar-refractivity contribution in [1.82, 2.24) is 0 Å². The van der Waals surface area contributed by atoms with Crippen molar-refractivity contribution in [1.29, 1.82) is 0 Å². The smallest absolute Gasteiger partial charge is 0.162 e. The molecule has 72 valence electrons. The van der Waals surface area contributed by atoms with Crippen molar-refractivity contribution in [2.75, 3.05) is 0 Å². The first kappa shape index (κ1) is 11.3. The number of benzene rings is 1. The number of hydrogen-bond acceptors (Lipinski definition) is 1. The van der Waals surface area contributed by atoms with Crippen molar-refractivity contribution in [3.8, 4) is 12.3 Å². The Hall–Kier alpha value is -0.820. The fourth-order valence-electron chi connectivity index (χ4n) is 1.16. The summed E-state index contributed by atoms with van der Waals surface area (Å²) in [6.45, 7) is 0.